The maximum Gasteiger partial charge on any atom is 0.271 e. The summed E-state index contributed by atoms with van der Waals surface area (Å²) in [6.45, 7) is 3.69. The van der Waals surface area contributed by atoms with Crippen molar-refractivity contribution in [2.24, 2.45) is 5.10 Å². The van der Waals surface area contributed by atoms with Crippen molar-refractivity contribution >= 4 is 17.8 Å². The van der Waals surface area contributed by atoms with E-state index in [0.717, 1.165) is 11.1 Å². The summed E-state index contributed by atoms with van der Waals surface area (Å²) in [5, 5.41) is 14.9. The highest BCUT2D eigenvalue weighted by Crippen LogP contribution is 2.28. The van der Waals surface area contributed by atoms with Crippen molar-refractivity contribution < 1.29 is 14.1 Å². The number of nitrogens with one attached hydrogen (secondary N) is 1. The van der Waals surface area contributed by atoms with Crippen molar-refractivity contribution in [3.63, 3.8) is 0 Å². The van der Waals surface area contributed by atoms with Gasteiger partial charge in [-0.2, -0.15) is 5.10 Å². The second-order valence-corrected chi connectivity index (χ2v) is 5.97. The molecule has 1 amide bonds. The topological polar surface area (TPSA) is 97.7 Å². The van der Waals surface area contributed by atoms with E-state index in [0.29, 0.717) is 22.6 Å². The summed E-state index contributed by atoms with van der Waals surface area (Å²) in [5.74, 6) is 0.592. The first-order valence-corrected chi connectivity index (χ1v) is 8.20. The molecule has 0 saturated heterocycles. The number of amides is 1. The molecule has 7 nitrogen and oxygen atoms in total. The van der Waals surface area contributed by atoms with Crippen molar-refractivity contribution in [3.8, 4) is 11.3 Å². The zero-order chi connectivity index (χ0) is 19.4. The second-order valence-electron chi connectivity index (χ2n) is 5.97. The zero-order valence-corrected chi connectivity index (χ0v) is 14.8. The Morgan fingerprint density at radius 3 is 2.63 bits per heavy atom. The molecule has 1 N–H and O–H groups in total. The van der Waals surface area contributed by atoms with E-state index >= 15 is 0 Å². The molecule has 0 saturated carbocycles. The van der Waals surface area contributed by atoms with Crippen LogP contribution in [0.25, 0.3) is 11.3 Å². The third-order valence-electron chi connectivity index (χ3n) is 4.07. The van der Waals surface area contributed by atoms with Crippen molar-refractivity contribution in [1.82, 2.24) is 5.43 Å². The zero-order valence-electron chi connectivity index (χ0n) is 14.8. The molecule has 0 fully saturated rings. The summed E-state index contributed by atoms with van der Waals surface area (Å²) in [6.07, 6.45) is 1.38. The molecular formula is C20H17N3O4. The van der Waals surface area contributed by atoms with Crippen LogP contribution < -0.4 is 5.43 Å². The monoisotopic (exact) mass is 363 g/mol. The van der Waals surface area contributed by atoms with Gasteiger partial charge in [-0.3, -0.25) is 14.9 Å². The number of nitro benzene ring substituents is 1. The van der Waals surface area contributed by atoms with Crippen molar-refractivity contribution in [2.75, 3.05) is 0 Å². The minimum atomic E-state index is -0.449. The number of carbonyl (C=O) groups is 1. The van der Waals surface area contributed by atoms with Crippen LogP contribution in [0.1, 0.15) is 27.2 Å². The molecule has 1 heterocycles. The Morgan fingerprint density at radius 2 is 1.89 bits per heavy atom. The van der Waals surface area contributed by atoms with E-state index in [1.54, 1.807) is 30.3 Å². The number of aryl methyl sites for hydroxylation is 2. The third-order valence-corrected chi connectivity index (χ3v) is 4.07. The molecule has 0 bridgehead atoms. The largest absolute Gasteiger partial charge is 0.455 e. The Balaban J connectivity index is 1.74. The molecule has 0 aliphatic carbocycles. The molecule has 2 aromatic carbocycles. The predicted octanol–water partition coefficient (Wildman–Crippen LogP) is 4.24. The van der Waals surface area contributed by atoms with Gasteiger partial charge in [-0.05, 0) is 43.2 Å². The number of benzene rings is 2. The standard InChI is InChI=1S/C20H17N3O4/c1-13-5-3-4-6-17(13)20(24)22-21-12-16-9-10-19(27-16)18-11-15(23(25)26)8-7-14(18)2/h3-12H,1-2H3,(H,22,24)/b21-12+. The first-order valence-electron chi connectivity index (χ1n) is 8.20. The SMILES string of the molecule is Cc1ccccc1C(=O)N/N=C/c1ccc(-c2cc([N+](=O)[O-])ccc2C)o1. The van der Waals surface area contributed by atoms with E-state index in [4.69, 9.17) is 4.42 Å². The van der Waals surface area contributed by atoms with Crippen LogP contribution >= 0.6 is 0 Å². The van der Waals surface area contributed by atoms with Crippen LogP contribution in [0.4, 0.5) is 5.69 Å². The lowest BCUT2D eigenvalue weighted by atomic mass is 10.1. The Hall–Kier alpha value is -3.74. The Bertz CT molecular complexity index is 1040. The highest BCUT2D eigenvalue weighted by Gasteiger charge is 2.13. The summed E-state index contributed by atoms with van der Waals surface area (Å²) >= 11 is 0. The van der Waals surface area contributed by atoms with E-state index in [9.17, 15) is 14.9 Å². The first kappa shape index (κ1) is 18.1. The van der Waals surface area contributed by atoms with Gasteiger partial charge in [0.25, 0.3) is 11.6 Å². The van der Waals surface area contributed by atoms with E-state index in [1.807, 2.05) is 26.0 Å². The Kier molecular flexibility index (Phi) is 5.12. The summed E-state index contributed by atoms with van der Waals surface area (Å²) in [6, 6.07) is 15.2. The normalized spacial score (nSPS) is 10.9. The van der Waals surface area contributed by atoms with Crippen molar-refractivity contribution in [3.05, 3.63) is 87.2 Å². The molecule has 136 valence electrons. The Morgan fingerprint density at radius 1 is 1.11 bits per heavy atom. The van der Waals surface area contributed by atoms with Gasteiger partial charge in [-0.15, -0.1) is 0 Å². The molecule has 7 heteroatoms. The van der Waals surface area contributed by atoms with Crippen LogP contribution in [0, 0.1) is 24.0 Å². The van der Waals surface area contributed by atoms with E-state index < -0.39 is 4.92 Å². The van der Waals surface area contributed by atoms with Gasteiger partial charge >= 0.3 is 0 Å². The quantitative estimate of drug-likeness (QED) is 0.416. The number of hydrazone groups is 1. The number of nitro groups is 1. The van der Waals surface area contributed by atoms with Crippen LogP contribution in [0.2, 0.25) is 0 Å². The molecule has 0 aliphatic rings. The maximum absolute atomic E-state index is 12.1. The summed E-state index contributed by atoms with van der Waals surface area (Å²) in [5.41, 5.74) is 5.33. The lowest BCUT2D eigenvalue weighted by Crippen LogP contribution is -2.18. The van der Waals surface area contributed by atoms with Crippen LogP contribution in [0.5, 0.6) is 0 Å². The van der Waals surface area contributed by atoms with Crippen molar-refractivity contribution in [1.29, 1.82) is 0 Å². The number of nitrogens with zero attached hydrogens (tertiary/aromatic N) is 2. The maximum atomic E-state index is 12.1. The third kappa shape index (κ3) is 4.09. The van der Waals surface area contributed by atoms with Gasteiger partial charge in [0, 0.05) is 23.3 Å². The Labute approximate surface area is 155 Å². The van der Waals surface area contributed by atoms with Gasteiger partial charge in [0.15, 0.2) is 0 Å². The van der Waals surface area contributed by atoms with Crippen LogP contribution in [-0.4, -0.2) is 17.0 Å². The molecule has 0 atom stereocenters. The fraction of sp³-hybridized carbons (Fsp3) is 0.100. The molecule has 0 aliphatic heterocycles. The average Bonchev–Trinajstić information content (AvgIpc) is 3.10. The van der Waals surface area contributed by atoms with E-state index in [2.05, 4.69) is 10.5 Å². The fourth-order valence-electron chi connectivity index (χ4n) is 2.60. The van der Waals surface area contributed by atoms with Gasteiger partial charge in [-0.25, -0.2) is 5.43 Å². The summed E-state index contributed by atoms with van der Waals surface area (Å²) in [4.78, 5) is 22.6. The highest BCUT2D eigenvalue weighted by atomic mass is 16.6. The summed E-state index contributed by atoms with van der Waals surface area (Å²) < 4.78 is 5.67. The van der Waals surface area contributed by atoms with E-state index in [1.165, 1.54) is 18.3 Å². The molecule has 0 radical (unpaired) electrons. The van der Waals surface area contributed by atoms with Crippen LogP contribution in [0.3, 0.4) is 0 Å². The molecule has 3 rings (SSSR count). The second kappa shape index (κ2) is 7.65. The molecule has 27 heavy (non-hydrogen) atoms. The minimum Gasteiger partial charge on any atom is -0.455 e. The van der Waals surface area contributed by atoms with Gasteiger partial charge in [0.05, 0.1) is 11.1 Å². The number of hydrogen-bond donors (Lipinski definition) is 1. The predicted molar refractivity (Wildman–Crippen MR) is 102 cm³/mol. The van der Waals surface area contributed by atoms with Crippen molar-refractivity contribution in [2.45, 2.75) is 13.8 Å². The smallest absolute Gasteiger partial charge is 0.271 e. The minimum absolute atomic E-state index is 0.00675. The number of hydrogen-bond acceptors (Lipinski definition) is 5. The van der Waals surface area contributed by atoms with Gasteiger partial charge < -0.3 is 4.42 Å². The molecule has 0 spiro atoms. The van der Waals surface area contributed by atoms with Crippen LogP contribution in [-0.2, 0) is 0 Å². The van der Waals surface area contributed by atoms with Gasteiger partial charge in [0.1, 0.15) is 11.5 Å². The molecule has 3 aromatic rings. The number of rotatable bonds is 5. The lowest BCUT2D eigenvalue weighted by Gasteiger charge is -2.03. The summed E-state index contributed by atoms with van der Waals surface area (Å²) in [7, 11) is 0. The molecule has 0 unspecified atom stereocenters. The van der Waals surface area contributed by atoms with Gasteiger partial charge in [-0.1, -0.05) is 24.3 Å². The van der Waals surface area contributed by atoms with Crippen LogP contribution in [0.15, 0.2) is 64.1 Å². The molecule has 1 aromatic heterocycles. The first-order chi connectivity index (χ1) is 13.0. The van der Waals surface area contributed by atoms with Gasteiger partial charge in [0.2, 0.25) is 0 Å². The average molecular weight is 363 g/mol. The lowest BCUT2D eigenvalue weighted by molar-refractivity contribution is -0.384. The molecular weight excluding hydrogens is 346 g/mol. The number of non-ortho nitro benzene ring substituents is 1. The van der Waals surface area contributed by atoms with E-state index in [-0.39, 0.29) is 11.6 Å². The number of furan rings is 1. The highest BCUT2D eigenvalue weighted by molar-refractivity contribution is 5.96. The number of carbonyl (C=O) groups excluding carboxylic acids is 1. The fourth-order valence-corrected chi connectivity index (χ4v) is 2.60.